The molecule has 0 unspecified atom stereocenters. The lowest BCUT2D eigenvalue weighted by Crippen LogP contribution is -2.02. The van der Waals surface area contributed by atoms with Gasteiger partial charge in [-0.15, -0.1) is 5.10 Å². The summed E-state index contributed by atoms with van der Waals surface area (Å²) < 4.78 is 0.957. The van der Waals surface area contributed by atoms with Crippen LogP contribution in [0.25, 0.3) is 11.4 Å². The Morgan fingerprint density at radius 3 is 2.52 bits per heavy atom. The number of hydrogen-bond acceptors (Lipinski definition) is 4. The molecule has 0 amide bonds. The summed E-state index contributed by atoms with van der Waals surface area (Å²) >= 11 is 4.69. The molecule has 2 aromatic carbocycles. The number of thioether (sulfide) groups is 1. The minimum atomic E-state index is 0.0594. The summed E-state index contributed by atoms with van der Waals surface area (Å²) in [6.07, 6.45) is 0. The number of carbonyl (C=O) groups is 1. The van der Waals surface area contributed by atoms with E-state index >= 15 is 0 Å². The highest BCUT2D eigenvalue weighted by Crippen LogP contribution is 2.20. The van der Waals surface area contributed by atoms with E-state index in [-0.39, 0.29) is 5.78 Å². The van der Waals surface area contributed by atoms with Gasteiger partial charge >= 0.3 is 0 Å². The quantitative estimate of drug-likeness (QED) is 0.516. The molecule has 0 bridgehead atoms. The fourth-order valence-corrected chi connectivity index (χ4v) is 2.96. The summed E-state index contributed by atoms with van der Waals surface area (Å²) in [5.41, 5.74) is 2.87. The summed E-state index contributed by atoms with van der Waals surface area (Å²) in [5.74, 6) is 1.08. The smallest absolute Gasteiger partial charge is 0.209 e. The van der Waals surface area contributed by atoms with E-state index in [1.807, 2.05) is 55.5 Å². The van der Waals surface area contributed by atoms with Gasteiger partial charge in [0, 0.05) is 15.6 Å². The van der Waals surface area contributed by atoms with Crippen LogP contribution in [-0.2, 0) is 0 Å². The van der Waals surface area contributed by atoms with Gasteiger partial charge in [-0.25, -0.2) is 4.98 Å². The van der Waals surface area contributed by atoms with Crippen molar-refractivity contribution in [3.05, 3.63) is 64.1 Å². The maximum Gasteiger partial charge on any atom is 0.209 e. The van der Waals surface area contributed by atoms with Crippen molar-refractivity contribution in [3.63, 3.8) is 0 Å². The Kier molecular flexibility index (Phi) is 4.93. The van der Waals surface area contributed by atoms with E-state index in [2.05, 4.69) is 31.1 Å². The van der Waals surface area contributed by atoms with Crippen LogP contribution in [0.1, 0.15) is 15.9 Å². The SMILES string of the molecule is Cc1ccc(-c2nc(SCC(=O)c3ccc(Br)cc3)n[nH]2)cc1. The number of aromatic amines is 1. The van der Waals surface area contributed by atoms with E-state index in [1.165, 1.54) is 17.3 Å². The third kappa shape index (κ3) is 4.09. The number of benzene rings is 2. The van der Waals surface area contributed by atoms with Gasteiger partial charge in [-0.05, 0) is 19.1 Å². The number of aromatic nitrogens is 3. The summed E-state index contributed by atoms with van der Waals surface area (Å²) in [7, 11) is 0. The van der Waals surface area contributed by atoms with Crippen molar-refractivity contribution < 1.29 is 4.79 Å². The first kappa shape index (κ1) is 16.0. The topological polar surface area (TPSA) is 58.6 Å². The van der Waals surface area contributed by atoms with Gasteiger partial charge < -0.3 is 0 Å². The first-order valence-corrected chi connectivity index (χ1v) is 8.81. The number of ketones is 1. The number of Topliss-reactive ketones (excluding diaryl/α,β-unsaturated/α-hetero) is 1. The Labute approximate surface area is 146 Å². The highest BCUT2D eigenvalue weighted by Gasteiger charge is 2.10. The van der Waals surface area contributed by atoms with Gasteiger partial charge in [0.1, 0.15) is 0 Å². The molecule has 0 aliphatic heterocycles. The number of aryl methyl sites for hydroxylation is 1. The summed E-state index contributed by atoms with van der Waals surface area (Å²) in [4.78, 5) is 16.6. The maximum absolute atomic E-state index is 12.1. The molecule has 116 valence electrons. The summed E-state index contributed by atoms with van der Waals surface area (Å²) in [6.45, 7) is 2.04. The van der Waals surface area contributed by atoms with Crippen LogP contribution in [0.5, 0.6) is 0 Å². The van der Waals surface area contributed by atoms with Gasteiger partial charge in [0.2, 0.25) is 5.16 Å². The molecular weight excluding hydrogens is 374 g/mol. The molecule has 6 heteroatoms. The number of halogens is 1. The van der Waals surface area contributed by atoms with Crippen LogP contribution >= 0.6 is 27.7 Å². The van der Waals surface area contributed by atoms with E-state index < -0.39 is 0 Å². The van der Waals surface area contributed by atoms with Crippen molar-refractivity contribution in [3.8, 4) is 11.4 Å². The van der Waals surface area contributed by atoms with E-state index in [4.69, 9.17) is 0 Å². The van der Waals surface area contributed by atoms with Crippen molar-refractivity contribution >= 4 is 33.5 Å². The Morgan fingerprint density at radius 2 is 1.83 bits per heavy atom. The van der Waals surface area contributed by atoms with Gasteiger partial charge in [-0.2, -0.15) is 0 Å². The standard InChI is InChI=1S/C17H14BrN3OS/c1-11-2-4-13(5-3-11)16-19-17(21-20-16)23-10-15(22)12-6-8-14(18)9-7-12/h2-9H,10H2,1H3,(H,19,20,21). The second-order valence-electron chi connectivity index (χ2n) is 5.05. The average Bonchev–Trinajstić information content (AvgIpc) is 3.03. The summed E-state index contributed by atoms with van der Waals surface area (Å²) in [5, 5.41) is 7.65. The van der Waals surface area contributed by atoms with Gasteiger partial charge in [0.05, 0.1) is 5.75 Å². The van der Waals surface area contributed by atoms with E-state index in [0.29, 0.717) is 22.3 Å². The molecule has 0 spiro atoms. The Morgan fingerprint density at radius 1 is 1.13 bits per heavy atom. The molecule has 1 N–H and O–H groups in total. The molecule has 0 fully saturated rings. The lowest BCUT2D eigenvalue weighted by atomic mass is 10.1. The fraction of sp³-hybridized carbons (Fsp3) is 0.118. The Bertz CT molecular complexity index is 813. The molecule has 0 radical (unpaired) electrons. The first-order valence-electron chi connectivity index (χ1n) is 7.03. The van der Waals surface area contributed by atoms with E-state index in [9.17, 15) is 4.79 Å². The monoisotopic (exact) mass is 387 g/mol. The second kappa shape index (κ2) is 7.10. The third-order valence-corrected chi connectivity index (χ3v) is 4.66. The van der Waals surface area contributed by atoms with Gasteiger partial charge in [-0.1, -0.05) is 69.7 Å². The molecule has 1 heterocycles. The molecule has 0 aliphatic rings. The minimum absolute atomic E-state index is 0.0594. The zero-order chi connectivity index (χ0) is 16.2. The Balaban J connectivity index is 1.64. The molecule has 3 aromatic rings. The predicted molar refractivity (Wildman–Crippen MR) is 95.8 cm³/mol. The van der Waals surface area contributed by atoms with Crippen molar-refractivity contribution in [2.24, 2.45) is 0 Å². The number of nitrogens with zero attached hydrogens (tertiary/aromatic N) is 2. The molecule has 3 rings (SSSR count). The fourth-order valence-electron chi connectivity index (χ4n) is 2.00. The van der Waals surface area contributed by atoms with Crippen LogP contribution in [-0.4, -0.2) is 26.7 Å². The molecule has 23 heavy (non-hydrogen) atoms. The minimum Gasteiger partial charge on any atom is -0.293 e. The van der Waals surface area contributed by atoms with E-state index in [1.54, 1.807) is 0 Å². The number of carbonyl (C=O) groups excluding carboxylic acids is 1. The second-order valence-corrected chi connectivity index (χ2v) is 6.91. The van der Waals surface area contributed by atoms with Crippen LogP contribution < -0.4 is 0 Å². The average molecular weight is 388 g/mol. The molecule has 1 aromatic heterocycles. The summed E-state index contributed by atoms with van der Waals surface area (Å²) in [6, 6.07) is 15.4. The Hall–Kier alpha value is -1.92. The van der Waals surface area contributed by atoms with Gasteiger partial charge in [-0.3, -0.25) is 9.89 Å². The molecule has 0 atom stereocenters. The van der Waals surface area contributed by atoms with Crippen LogP contribution in [0.3, 0.4) is 0 Å². The van der Waals surface area contributed by atoms with Crippen molar-refractivity contribution in [2.75, 3.05) is 5.75 Å². The molecular formula is C17H14BrN3OS. The zero-order valence-corrected chi connectivity index (χ0v) is 14.8. The van der Waals surface area contributed by atoms with Crippen LogP contribution in [0.2, 0.25) is 0 Å². The molecule has 0 saturated carbocycles. The predicted octanol–water partition coefficient (Wildman–Crippen LogP) is 4.52. The number of nitrogens with one attached hydrogen (secondary N) is 1. The van der Waals surface area contributed by atoms with Crippen LogP contribution in [0.15, 0.2) is 58.2 Å². The van der Waals surface area contributed by atoms with Crippen molar-refractivity contribution in [1.29, 1.82) is 0 Å². The first-order chi connectivity index (χ1) is 11.1. The third-order valence-electron chi connectivity index (χ3n) is 3.29. The van der Waals surface area contributed by atoms with Crippen molar-refractivity contribution in [2.45, 2.75) is 12.1 Å². The molecule has 4 nitrogen and oxygen atoms in total. The molecule has 0 saturated heterocycles. The number of rotatable bonds is 5. The highest BCUT2D eigenvalue weighted by molar-refractivity contribution is 9.10. The van der Waals surface area contributed by atoms with Gasteiger partial charge in [0.25, 0.3) is 0 Å². The van der Waals surface area contributed by atoms with Crippen LogP contribution in [0.4, 0.5) is 0 Å². The van der Waals surface area contributed by atoms with Gasteiger partial charge in [0.15, 0.2) is 11.6 Å². The lowest BCUT2D eigenvalue weighted by Gasteiger charge is -1.99. The lowest BCUT2D eigenvalue weighted by molar-refractivity contribution is 0.102. The normalized spacial score (nSPS) is 10.7. The highest BCUT2D eigenvalue weighted by atomic mass is 79.9. The van der Waals surface area contributed by atoms with Crippen molar-refractivity contribution in [1.82, 2.24) is 15.2 Å². The van der Waals surface area contributed by atoms with E-state index in [0.717, 1.165) is 10.0 Å². The maximum atomic E-state index is 12.1. The van der Waals surface area contributed by atoms with Crippen LogP contribution in [0, 0.1) is 6.92 Å². The number of hydrogen-bond donors (Lipinski definition) is 1. The number of H-pyrrole nitrogens is 1. The largest absolute Gasteiger partial charge is 0.293 e. The molecule has 0 aliphatic carbocycles. The zero-order valence-electron chi connectivity index (χ0n) is 12.4.